The molecule has 2 atom stereocenters. The summed E-state index contributed by atoms with van der Waals surface area (Å²) in [5, 5.41) is 2.88. The zero-order chi connectivity index (χ0) is 23.0. The number of hydrogen-bond acceptors (Lipinski definition) is 7. The van der Waals surface area contributed by atoms with Crippen LogP contribution < -0.4 is 16.8 Å². The highest BCUT2D eigenvalue weighted by Gasteiger charge is 2.41. The van der Waals surface area contributed by atoms with Gasteiger partial charge in [-0.05, 0) is 44.5 Å². The standard InChI is InChI=1S/C24H32N4O4/c1-18(27-23(30)31-16-19-7-3-2-4-8-19)15-28-13-11-20(12-14-28)24(26,32-17-29)21-9-5-6-10-22(21)25/h2-10,17-18,20H,11-16,25-26H2,1H3,(H,27,30)/t18-,24?/m0/s1. The predicted octanol–water partition coefficient (Wildman–Crippen LogP) is 2.58. The first kappa shape index (κ1) is 23.6. The lowest BCUT2D eigenvalue weighted by Crippen LogP contribution is -2.52. The number of carbonyl (C=O) groups is 2. The highest BCUT2D eigenvalue weighted by atomic mass is 16.6. The van der Waals surface area contributed by atoms with Crippen molar-refractivity contribution in [3.05, 3.63) is 65.7 Å². The van der Waals surface area contributed by atoms with Gasteiger partial charge < -0.3 is 25.4 Å². The SMILES string of the molecule is C[C@@H](CN1CCC(C(N)(OC=O)c2ccccc2N)CC1)NC(=O)OCc1ccccc1. The number of hydrogen-bond donors (Lipinski definition) is 3. The molecule has 172 valence electrons. The van der Waals surface area contributed by atoms with Crippen molar-refractivity contribution in [3.63, 3.8) is 0 Å². The Kier molecular flexibility index (Phi) is 8.08. The molecule has 1 fully saturated rings. The van der Waals surface area contributed by atoms with Gasteiger partial charge in [-0.2, -0.15) is 0 Å². The number of amides is 1. The molecule has 5 N–H and O–H groups in total. The lowest BCUT2D eigenvalue weighted by molar-refractivity contribution is -0.154. The molecular weight excluding hydrogens is 408 g/mol. The average molecular weight is 441 g/mol. The molecule has 1 saturated heterocycles. The van der Waals surface area contributed by atoms with E-state index in [0.29, 0.717) is 24.3 Å². The molecule has 1 aliphatic rings. The quantitative estimate of drug-likeness (QED) is 0.311. The van der Waals surface area contributed by atoms with Gasteiger partial charge in [-0.25, -0.2) is 4.79 Å². The van der Waals surface area contributed by atoms with Gasteiger partial charge in [0, 0.05) is 29.8 Å². The van der Waals surface area contributed by atoms with Crippen molar-refractivity contribution >= 4 is 18.3 Å². The van der Waals surface area contributed by atoms with Crippen molar-refractivity contribution in [1.82, 2.24) is 10.2 Å². The zero-order valence-electron chi connectivity index (χ0n) is 18.4. The van der Waals surface area contributed by atoms with E-state index in [0.717, 1.165) is 31.5 Å². The molecule has 8 heteroatoms. The van der Waals surface area contributed by atoms with Crippen molar-refractivity contribution in [2.45, 2.75) is 38.1 Å². The topological polar surface area (TPSA) is 120 Å². The van der Waals surface area contributed by atoms with Crippen LogP contribution in [0.5, 0.6) is 0 Å². The molecule has 0 saturated carbocycles. The van der Waals surface area contributed by atoms with E-state index >= 15 is 0 Å². The largest absolute Gasteiger partial charge is 0.445 e. The fourth-order valence-electron chi connectivity index (χ4n) is 4.26. The van der Waals surface area contributed by atoms with E-state index in [-0.39, 0.29) is 18.6 Å². The molecule has 1 aliphatic heterocycles. The summed E-state index contributed by atoms with van der Waals surface area (Å²) >= 11 is 0. The Hall–Kier alpha value is -3.10. The molecule has 2 aromatic rings. The monoisotopic (exact) mass is 440 g/mol. The third-order valence-corrected chi connectivity index (χ3v) is 5.93. The van der Waals surface area contributed by atoms with Gasteiger partial charge in [-0.1, -0.05) is 48.5 Å². The summed E-state index contributed by atoms with van der Waals surface area (Å²) in [6, 6.07) is 16.7. The smallest absolute Gasteiger partial charge is 0.407 e. The highest BCUT2D eigenvalue weighted by molar-refractivity contribution is 5.67. The van der Waals surface area contributed by atoms with Crippen LogP contribution in [0, 0.1) is 5.92 Å². The molecule has 8 nitrogen and oxygen atoms in total. The molecule has 1 unspecified atom stereocenters. The molecule has 0 radical (unpaired) electrons. The minimum Gasteiger partial charge on any atom is -0.445 e. The fourth-order valence-corrected chi connectivity index (χ4v) is 4.26. The lowest BCUT2D eigenvalue weighted by atomic mass is 9.81. The number of nitrogen functional groups attached to an aromatic ring is 1. The van der Waals surface area contributed by atoms with Crippen LogP contribution in [0.2, 0.25) is 0 Å². The number of nitrogens with zero attached hydrogens (tertiary/aromatic N) is 1. The first-order chi connectivity index (χ1) is 15.4. The Labute approximate surface area is 188 Å². The van der Waals surface area contributed by atoms with Gasteiger partial charge in [0.25, 0.3) is 6.47 Å². The lowest BCUT2D eigenvalue weighted by Gasteiger charge is -2.42. The van der Waals surface area contributed by atoms with Crippen LogP contribution in [0.4, 0.5) is 10.5 Å². The summed E-state index contributed by atoms with van der Waals surface area (Å²) in [5.41, 5.74) is 13.5. The maximum Gasteiger partial charge on any atom is 0.407 e. The maximum absolute atomic E-state index is 12.1. The molecule has 0 aliphatic carbocycles. The Balaban J connectivity index is 1.48. The van der Waals surface area contributed by atoms with Gasteiger partial charge in [-0.15, -0.1) is 0 Å². The molecule has 1 amide bonds. The van der Waals surface area contributed by atoms with Gasteiger partial charge in [-0.3, -0.25) is 10.5 Å². The first-order valence-electron chi connectivity index (χ1n) is 10.9. The van der Waals surface area contributed by atoms with Crippen LogP contribution in [0.15, 0.2) is 54.6 Å². The number of ether oxygens (including phenoxy) is 2. The summed E-state index contributed by atoms with van der Waals surface area (Å²) in [6.07, 6.45) is 1.05. The van der Waals surface area contributed by atoms with Crippen molar-refractivity contribution in [3.8, 4) is 0 Å². The number of para-hydroxylation sites is 1. The Morgan fingerprint density at radius 2 is 1.84 bits per heavy atom. The van der Waals surface area contributed by atoms with Gasteiger partial charge >= 0.3 is 6.09 Å². The minimum absolute atomic E-state index is 0.0623. The van der Waals surface area contributed by atoms with Crippen molar-refractivity contribution < 1.29 is 19.1 Å². The Bertz CT molecular complexity index is 887. The Morgan fingerprint density at radius 1 is 1.19 bits per heavy atom. The summed E-state index contributed by atoms with van der Waals surface area (Å²) in [4.78, 5) is 25.5. The highest BCUT2D eigenvalue weighted by Crippen LogP contribution is 2.37. The van der Waals surface area contributed by atoms with E-state index in [4.69, 9.17) is 20.9 Å². The number of benzene rings is 2. The number of piperidine rings is 1. The summed E-state index contributed by atoms with van der Waals surface area (Å²) in [5.74, 6) is -0.0623. The molecule has 3 rings (SSSR count). The second-order valence-electron chi connectivity index (χ2n) is 8.28. The van der Waals surface area contributed by atoms with Crippen molar-refractivity contribution in [2.75, 3.05) is 25.4 Å². The molecule has 0 aromatic heterocycles. The molecular formula is C24H32N4O4. The number of nitrogens with one attached hydrogen (secondary N) is 1. The van der Waals surface area contributed by atoms with Crippen LogP contribution in [-0.2, 0) is 26.6 Å². The van der Waals surface area contributed by atoms with Crippen LogP contribution in [-0.4, -0.2) is 43.1 Å². The number of carbonyl (C=O) groups excluding carboxylic acids is 2. The summed E-state index contributed by atoms with van der Waals surface area (Å²) in [6.45, 7) is 4.80. The van der Waals surface area contributed by atoms with Crippen molar-refractivity contribution in [2.24, 2.45) is 11.7 Å². The molecule has 32 heavy (non-hydrogen) atoms. The summed E-state index contributed by atoms with van der Waals surface area (Å²) < 4.78 is 10.7. The van der Waals surface area contributed by atoms with E-state index in [9.17, 15) is 9.59 Å². The minimum atomic E-state index is -1.26. The van der Waals surface area contributed by atoms with Crippen LogP contribution in [0.25, 0.3) is 0 Å². The number of likely N-dealkylation sites (tertiary alicyclic amines) is 1. The number of alkyl carbamates (subject to hydrolysis) is 1. The molecule has 0 bridgehead atoms. The third-order valence-electron chi connectivity index (χ3n) is 5.93. The number of anilines is 1. The van der Waals surface area contributed by atoms with Crippen LogP contribution in [0.3, 0.4) is 0 Å². The molecule has 0 spiro atoms. The van der Waals surface area contributed by atoms with E-state index in [1.165, 1.54) is 0 Å². The predicted molar refractivity (Wildman–Crippen MR) is 122 cm³/mol. The normalized spacial score (nSPS) is 17.7. The third kappa shape index (κ3) is 5.99. The first-order valence-corrected chi connectivity index (χ1v) is 10.9. The maximum atomic E-state index is 12.1. The second kappa shape index (κ2) is 11.0. The van der Waals surface area contributed by atoms with Crippen LogP contribution >= 0.6 is 0 Å². The van der Waals surface area contributed by atoms with Crippen LogP contribution in [0.1, 0.15) is 30.9 Å². The van der Waals surface area contributed by atoms with E-state index in [2.05, 4.69) is 10.2 Å². The van der Waals surface area contributed by atoms with Gasteiger partial charge in [0.05, 0.1) is 0 Å². The van der Waals surface area contributed by atoms with E-state index in [1.807, 2.05) is 49.4 Å². The van der Waals surface area contributed by atoms with Gasteiger partial charge in [0.2, 0.25) is 0 Å². The Morgan fingerprint density at radius 3 is 2.50 bits per heavy atom. The number of nitrogens with two attached hydrogens (primary N) is 2. The van der Waals surface area contributed by atoms with Gasteiger partial charge in [0.1, 0.15) is 6.61 Å². The molecule has 2 aromatic carbocycles. The molecule has 1 heterocycles. The average Bonchev–Trinajstić information content (AvgIpc) is 2.79. The zero-order valence-corrected chi connectivity index (χ0v) is 18.4. The van der Waals surface area contributed by atoms with E-state index in [1.54, 1.807) is 12.1 Å². The van der Waals surface area contributed by atoms with Gasteiger partial charge in [0.15, 0.2) is 5.72 Å². The number of rotatable bonds is 9. The summed E-state index contributed by atoms with van der Waals surface area (Å²) in [7, 11) is 0. The van der Waals surface area contributed by atoms with E-state index < -0.39 is 11.8 Å². The van der Waals surface area contributed by atoms with Crippen molar-refractivity contribution in [1.29, 1.82) is 0 Å². The second-order valence-corrected chi connectivity index (χ2v) is 8.28. The fraction of sp³-hybridized carbons (Fsp3) is 0.417.